The average molecular weight is 677 g/mol. The first-order valence-electron chi connectivity index (χ1n) is 19.2. The van der Waals surface area contributed by atoms with Crippen LogP contribution in [0.4, 0.5) is 0 Å². The fourth-order valence-corrected chi connectivity index (χ4v) is 5.75. The van der Waals surface area contributed by atoms with Crippen molar-refractivity contribution in [3.8, 4) is 11.5 Å². The SMILES string of the molecule is CCCCCCCN(CCCOc1cccc(OCCCN(CCCCCCC)C(=O)[C@@H](N)CCCCN)c1)C(=O)[C@@H](N)CCCCN. The number of unbranched alkanes of at least 4 members (excludes halogenated alkanes) is 10. The van der Waals surface area contributed by atoms with Crippen molar-refractivity contribution in [2.45, 2.75) is 142 Å². The van der Waals surface area contributed by atoms with Crippen LogP contribution in [0, 0.1) is 0 Å². The fraction of sp³-hybridized carbons (Fsp3) is 0.789. The van der Waals surface area contributed by atoms with Crippen LogP contribution in [-0.4, -0.2) is 86.2 Å². The summed E-state index contributed by atoms with van der Waals surface area (Å²) < 4.78 is 12.1. The molecule has 2 atom stereocenters. The molecule has 0 aliphatic heterocycles. The summed E-state index contributed by atoms with van der Waals surface area (Å²) in [5.41, 5.74) is 23.8. The second-order valence-electron chi connectivity index (χ2n) is 13.1. The van der Waals surface area contributed by atoms with E-state index < -0.39 is 12.1 Å². The minimum atomic E-state index is -0.476. The predicted octanol–water partition coefficient (Wildman–Crippen LogP) is 5.74. The number of carbonyl (C=O) groups is 2. The molecule has 0 saturated carbocycles. The third-order valence-electron chi connectivity index (χ3n) is 8.75. The van der Waals surface area contributed by atoms with E-state index in [1.165, 1.54) is 38.5 Å². The highest BCUT2D eigenvalue weighted by molar-refractivity contribution is 5.82. The summed E-state index contributed by atoms with van der Waals surface area (Å²) >= 11 is 0. The highest BCUT2D eigenvalue weighted by Crippen LogP contribution is 2.20. The lowest BCUT2D eigenvalue weighted by molar-refractivity contribution is -0.133. The largest absolute Gasteiger partial charge is 0.493 e. The van der Waals surface area contributed by atoms with Gasteiger partial charge in [0.15, 0.2) is 0 Å². The maximum atomic E-state index is 13.1. The van der Waals surface area contributed by atoms with E-state index in [4.69, 9.17) is 32.4 Å². The van der Waals surface area contributed by atoms with Gasteiger partial charge in [-0.25, -0.2) is 0 Å². The van der Waals surface area contributed by atoms with Crippen LogP contribution in [-0.2, 0) is 9.59 Å². The van der Waals surface area contributed by atoms with Gasteiger partial charge in [0.25, 0.3) is 0 Å². The maximum absolute atomic E-state index is 13.1. The Bertz CT molecular complexity index is 867. The molecule has 0 heterocycles. The van der Waals surface area contributed by atoms with Crippen LogP contribution in [0.1, 0.15) is 129 Å². The molecule has 0 fully saturated rings. The van der Waals surface area contributed by atoms with Gasteiger partial charge in [-0.1, -0.05) is 84.1 Å². The maximum Gasteiger partial charge on any atom is 0.239 e. The lowest BCUT2D eigenvalue weighted by Gasteiger charge is -2.26. The molecule has 0 unspecified atom stereocenters. The summed E-state index contributed by atoms with van der Waals surface area (Å²) in [6.45, 7) is 9.35. The summed E-state index contributed by atoms with van der Waals surface area (Å²) in [7, 11) is 0. The van der Waals surface area contributed by atoms with E-state index in [2.05, 4.69) is 13.8 Å². The Morgan fingerprint density at radius 2 is 0.979 bits per heavy atom. The molecule has 8 N–H and O–H groups in total. The first-order chi connectivity index (χ1) is 23.4. The highest BCUT2D eigenvalue weighted by atomic mass is 16.5. The molecule has 278 valence electrons. The molecule has 0 aliphatic rings. The number of nitrogens with zero attached hydrogens (tertiary/aromatic N) is 2. The molecule has 0 spiro atoms. The van der Waals surface area contributed by atoms with Crippen LogP contribution in [0.2, 0.25) is 0 Å². The highest BCUT2D eigenvalue weighted by Gasteiger charge is 2.21. The van der Waals surface area contributed by atoms with Gasteiger partial charge in [-0.2, -0.15) is 0 Å². The summed E-state index contributed by atoms with van der Waals surface area (Å²) in [6.07, 6.45) is 17.8. The van der Waals surface area contributed by atoms with Crippen LogP contribution >= 0.6 is 0 Å². The Labute approximate surface area is 293 Å². The van der Waals surface area contributed by atoms with Gasteiger partial charge in [0.2, 0.25) is 11.8 Å². The van der Waals surface area contributed by atoms with Crippen molar-refractivity contribution in [2.24, 2.45) is 22.9 Å². The molecule has 1 aromatic rings. The standard InChI is InChI=1S/C38H72N6O4/c1-3-5-7-9-15-26-43(37(45)35(41)22-11-13-24-39)28-18-30-47-33-20-17-21-34(32-33)48-31-19-29-44(27-16-10-8-6-4-2)38(46)36(42)23-12-14-25-40/h17,20-21,32,35-36H,3-16,18-19,22-31,39-42H2,1-2H3/t35-,36-/m0/s1. The second-order valence-corrected chi connectivity index (χ2v) is 13.1. The molecular weight excluding hydrogens is 604 g/mol. The molecule has 0 bridgehead atoms. The van der Waals surface area contributed by atoms with Crippen molar-refractivity contribution in [1.82, 2.24) is 9.80 Å². The third kappa shape index (κ3) is 20.9. The normalized spacial score (nSPS) is 12.5. The Kier molecular flexibility index (Phi) is 26.8. The topological polar surface area (TPSA) is 163 Å². The summed E-state index contributed by atoms with van der Waals surface area (Å²) in [5, 5.41) is 0. The Hall–Kier alpha value is -2.40. The van der Waals surface area contributed by atoms with Crippen LogP contribution in [0.25, 0.3) is 0 Å². The first kappa shape index (κ1) is 43.6. The number of ether oxygens (including phenoxy) is 2. The molecular formula is C38H72N6O4. The monoisotopic (exact) mass is 677 g/mol. The van der Waals surface area contributed by atoms with Gasteiger partial charge in [-0.05, 0) is 76.6 Å². The van der Waals surface area contributed by atoms with Gasteiger partial charge < -0.3 is 42.2 Å². The van der Waals surface area contributed by atoms with Gasteiger partial charge in [0.05, 0.1) is 25.3 Å². The smallest absolute Gasteiger partial charge is 0.239 e. The zero-order valence-electron chi connectivity index (χ0n) is 30.7. The Balaban J connectivity index is 2.58. The van der Waals surface area contributed by atoms with Crippen LogP contribution in [0.15, 0.2) is 24.3 Å². The number of rotatable bonds is 32. The molecule has 2 amide bonds. The molecule has 1 aromatic carbocycles. The molecule has 0 radical (unpaired) electrons. The van der Waals surface area contributed by atoms with Crippen LogP contribution < -0.4 is 32.4 Å². The molecule has 48 heavy (non-hydrogen) atoms. The second kappa shape index (κ2) is 29.5. The predicted molar refractivity (Wildman–Crippen MR) is 199 cm³/mol. The van der Waals surface area contributed by atoms with E-state index in [1.807, 2.05) is 34.1 Å². The van der Waals surface area contributed by atoms with E-state index in [0.717, 1.165) is 88.8 Å². The van der Waals surface area contributed by atoms with Gasteiger partial charge in [0, 0.05) is 32.2 Å². The number of hydrogen-bond donors (Lipinski definition) is 4. The Morgan fingerprint density at radius 3 is 1.38 bits per heavy atom. The molecule has 0 aliphatic carbocycles. The van der Waals surface area contributed by atoms with E-state index in [0.29, 0.717) is 52.2 Å². The third-order valence-corrected chi connectivity index (χ3v) is 8.75. The zero-order valence-corrected chi connectivity index (χ0v) is 30.7. The van der Waals surface area contributed by atoms with Crippen molar-refractivity contribution in [1.29, 1.82) is 0 Å². The number of hydrogen-bond acceptors (Lipinski definition) is 8. The fourth-order valence-electron chi connectivity index (χ4n) is 5.75. The van der Waals surface area contributed by atoms with Gasteiger partial charge in [0.1, 0.15) is 11.5 Å². The van der Waals surface area contributed by atoms with E-state index in [1.54, 1.807) is 0 Å². The van der Waals surface area contributed by atoms with E-state index in [9.17, 15) is 9.59 Å². The molecule has 10 heteroatoms. The number of benzene rings is 1. The van der Waals surface area contributed by atoms with Gasteiger partial charge >= 0.3 is 0 Å². The summed E-state index contributed by atoms with van der Waals surface area (Å²) in [6, 6.07) is 6.70. The van der Waals surface area contributed by atoms with E-state index >= 15 is 0 Å². The van der Waals surface area contributed by atoms with Crippen molar-refractivity contribution in [3.05, 3.63) is 24.3 Å². The minimum Gasteiger partial charge on any atom is -0.493 e. The Morgan fingerprint density at radius 1 is 0.583 bits per heavy atom. The summed E-state index contributed by atoms with van der Waals surface area (Å²) in [4.78, 5) is 30.1. The number of nitrogens with two attached hydrogens (primary N) is 4. The molecule has 0 saturated heterocycles. The van der Waals surface area contributed by atoms with E-state index in [-0.39, 0.29) is 11.8 Å². The van der Waals surface area contributed by atoms with Crippen LogP contribution in [0.3, 0.4) is 0 Å². The quantitative estimate of drug-likeness (QED) is 0.0703. The lowest BCUT2D eigenvalue weighted by atomic mass is 10.1. The first-order valence-corrected chi connectivity index (χ1v) is 19.2. The van der Waals surface area contributed by atoms with Crippen LogP contribution in [0.5, 0.6) is 11.5 Å². The summed E-state index contributed by atoms with van der Waals surface area (Å²) in [5.74, 6) is 1.53. The molecule has 1 rings (SSSR count). The molecule has 10 nitrogen and oxygen atoms in total. The average Bonchev–Trinajstić information content (AvgIpc) is 3.09. The lowest BCUT2D eigenvalue weighted by Crippen LogP contribution is -2.45. The van der Waals surface area contributed by atoms with Gasteiger partial charge in [-0.15, -0.1) is 0 Å². The van der Waals surface area contributed by atoms with Crippen molar-refractivity contribution < 1.29 is 19.1 Å². The van der Waals surface area contributed by atoms with Crippen molar-refractivity contribution >= 4 is 11.8 Å². The number of carbonyl (C=O) groups excluding carboxylic acids is 2. The number of amides is 2. The van der Waals surface area contributed by atoms with Crippen molar-refractivity contribution in [2.75, 3.05) is 52.5 Å². The minimum absolute atomic E-state index is 0.0308. The zero-order chi connectivity index (χ0) is 35.2. The molecule has 0 aromatic heterocycles. The van der Waals surface area contributed by atoms with Crippen molar-refractivity contribution in [3.63, 3.8) is 0 Å². The van der Waals surface area contributed by atoms with Gasteiger partial charge in [-0.3, -0.25) is 9.59 Å².